The molecule has 3 aromatic rings. The number of anilines is 2. The van der Waals surface area contributed by atoms with Crippen LogP contribution >= 0.6 is 11.6 Å². The van der Waals surface area contributed by atoms with E-state index >= 15 is 0 Å². The molecule has 5 nitrogen and oxygen atoms in total. The number of nitrogens with one attached hydrogen (secondary N) is 2. The first-order valence-electron chi connectivity index (χ1n) is 8.52. The molecule has 2 N–H and O–H groups in total. The summed E-state index contributed by atoms with van der Waals surface area (Å²) in [5.41, 5.74) is 3.25. The van der Waals surface area contributed by atoms with Crippen LogP contribution in [0, 0.1) is 13.8 Å². The first-order chi connectivity index (χ1) is 13.2. The summed E-state index contributed by atoms with van der Waals surface area (Å²) in [6.07, 6.45) is 0. The average Bonchev–Trinajstić information content (AvgIpc) is 2.65. The van der Waals surface area contributed by atoms with Crippen molar-refractivity contribution in [1.29, 1.82) is 0 Å². The zero-order chi connectivity index (χ0) is 20.3. The molecule has 0 spiro atoms. The standard InChI is InChI=1S/C21H19ClN2O3S/c1-14-3-11-19(12-4-14)28(26,27)24-17-9-6-16(7-10-17)21(25)23-18-8-5-15(2)20(22)13-18/h3-13,24H,1-2H3,(H,23,25). The average molecular weight is 415 g/mol. The lowest BCUT2D eigenvalue weighted by Crippen LogP contribution is -2.14. The molecule has 0 aliphatic heterocycles. The van der Waals surface area contributed by atoms with Gasteiger partial charge in [-0.3, -0.25) is 9.52 Å². The van der Waals surface area contributed by atoms with Gasteiger partial charge in [-0.25, -0.2) is 8.42 Å². The smallest absolute Gasteiger partial charge is 0.261 e. The number of benzene rings is 3. The summed E-state index contributed by atoms with van der Waals surface area (Å²) in [5, 5.41) is 3.33. The van der Waals surface area contributed by atoms with Gasteiger partial charge in [0.25, 0.3) is 15.9 Å². The zero-order valence-corrected chi connectivity index (χ0v) is 16.9. The number of sulfonamides is 1. The van der Waals surface area contributed by atoms with Crippen LogP contribution in [0.25, 0.3) is 0 Å². The third-order valence-electron chi connectivity index (χ3n) is 4.16. The number of aryl methyl sites for hydroxylation is 2. The Kier molecular flexibility index (Phi) is 5.72. The van der Waals surface area contributed by atoms with E-state index in [4.69, 9.17) is 11.6 Å². The lowest BCUT2D eigenvalue weighted by molar-refractivity contribution is 0.102. The fraction of sp³-hybridized carbons (Fsp3) is 0.0952. The summed E-state index contributed by atoms with van der Waals surface area (Å²) >= 11 is 6.07. The number of halogens is 1. The third kappa shape index (κ3) is 4.71. The predicted octanol–water partition coefficient (Wildman–Crippen LogP) is 5.01. The van der Waals surface area contributed by atoms with Gasteiger partial charge in [-0.15, -0.1) is 0 Å². The largest absolute Gasteiger partial charge is 0.322 e. The van der Waals surface area contributed by atoms with Gasteiger partial charge in [-0.1, -0.05) is 35.4 Å². The maximum absolute atomic E-state index is 12.4. The molecule has 0 atom stereocenters. The van der Waals surface area contributed by atoms with E-state index < -0.39 is 10.0 Å². The van der Waals surface area contributed by atoms with Crippen LogP contribution in [0.1, 0.15) is 21.5 Å². The Labute approximate surface area is 169 Å². The Morgan fingerprint density at radius 2 is 1.46 bits per heavy atom. The molecule has 28 heavy (non-hydrogen) atoms. The third-order valence-corrected chi connectivity index (χ3v) is 5.96. The highest BCUT2D eigenvalue weighted by Crippen LogP contribution is 2.21. The molecular formula is C21H19ClN2O3S. The van der Waals surface area contributed by atoms with Crippen LogP contribution in [-0.4, -0.2) is 14.3 Å². The monoisotopic (exact) mass is 414 g/mol. The van der Waals surface area contributed by atoms with E-state index in [1.807, 2.05) is 19.9 Å². The first-order valence-corrected chi connectivity index (χ1v) is 10.4. The lowest BCUT2D eigenvalue weighted by Gasteiger charge is -2.10. The van der Waals surface area contributed by atoms with E-state index in [2.05, 4.69) is 10.0 Å². The molecule has 3 rings (SSSR count). The van der Waals surface area contributed by atoms with Crippen molar-refractivity contribution in [2.75, 3.05) is 10.0 Å². The van der Waals surface area contributed by atoms with Crippen LogP contribution in [0.5, 0.6) is 0 Å². The number of rotatable bonds is 5. The molecule has 0 aliphatic carbocycles. The summed E-state index contributed by atoms with van der Waals surface area (Å²) in [5.74, 6) is -0.312. The van der Waals surface area contributed by atoms with Crippen LogP contribution in [0.2, 0.25) is 5.02 Å². The summed E-state index contributed by atoms with van der Waals surface area (Å²) in [7, 11) is -3.69. The second-order valence-corrected chi connectivity index (χ2v) is 8.50. The molecule has 0 aromatic heterocycles. The molecule has 0 aliphatic rings. The Balaban J connectivity index is 1.71. The molecule has 3 aromatic carbocycles. The Hall–Kier alpha value is -2.83. The zero-order valence-electron chi connectivity index (χ0n) is 15.4. The molecule has 0 saturated heterocycles. The molecule has 7 heteroatoms. The minimum absolute atomic E-state index is 0.177. The maximum Gasteiger partial charge on any atom is 0.261 e. The fourth-order valence-corrected chi connectivity index (χ4v) is 3.73. The van der Waals surface area contributed by atoms with Crippen molar-refractivity contribution >= 4 is 38.9 Å². The van der Waals surface area contributed by atoms with E-state index in [1.54, 1.807) is 60.7 Å². The molecule has 0 saturated carbocycles. The van der Waals surface area contributed by atoms with Gasteiger partial charge in [0.05, 0.1) is 4.90 Å². The number of hydrogen-bond acceptors (Lipinski definition) is 3. The van der Waals surface area contributed by atoms with Crippen LogP contribution in [-0.2, 0) is 10.0 Å². The van der Waals surface area contributed by atoms with Gasteiger partial charge >= 0.3 is 0 Å². The number of hydrogen-bond donors (Lipinski definition) is 2. The van der Waals surface area contributed by atoms with Gasteiger partial charge in [0.1, 0.15) is 0 Å². The highest BCUT2D eigenvalue weighted by molar-refractivity contribution is 7.92. The summed E-state index contributed by atoms with van der Waals surface area (Å²) in [6.45, 7) is 3.77. The highest BCUT2D eigenvalue weighted by atomic mass is 35.5. The van der Waals surface area contributed by atoms with Gasteiger partial charge < -0.3 is 5.32 Å². The van der Waals surface area contributed by atoms with Gasteiger partial charge in [0, 0.05) is 22.0 Å². The minimum atomic E-state index is -3.69. The summed E-state index contributed by atoms with van der Waals surface area (Å²) < 4.78 is 27.4. The molecule has 0 radical (unpaired) electrons. The van der Waals surface area contributed by atoms with Crippen molar-refractivity contribution in [3.8, 4) is 0 Å². The van der Waals surface area contributed by atoms with E-state index in [1.165, 1.54) is 0 Å². The molecule has 0 bridgehead atoms. The van der Waals surface area contributed by atoms with Crippen LogP contribution in [0.4, 0.5) is 11.4 Å². The molecule has 144 valence electrons. The molecule has 0 unspecified atom stereocenters. The first kappa shape index (κ1) is 19.9. The van der Waals surface area contributed by atoms with E-state index in [9.17, 15) is 13.2 Å². The minimum Gasteiger partial charge on any atom is -0.322 e. The maximum atomic E-state index is 12.4. The Morgan fingerprint density at radius 3 is 2.07 bits per heavy atom. The SMILES string of the molecule is Cc1ccc(S(=O)(=O)Nc2ccc(C(=O)Nc3ccc(C)c(Cl)c3)cc2)cc1. The van der Waals surface area contributed by atoms with E-state index in [0.717, 1.165) is 11.1 Å². The van der Waals surface area contributed by atoms with Crippen molar-refractivity contribution in [2.24, 2.45) is 0 Å². The van der Waals surface area contributed by atoms with Gasteiger partial charge in [-0.2, -0.15) is 0 Å². The second-order valence-electron chi connectivity index (χ2n) is 6.41. The molecular weight excluding hydrogens is 396 g/mol. The molecule has 0 fully saturated rings. The van der Waals surface area contributed by atoms with Gasteiger partial charge in [0.15, 0.2) is 0 Å². The quantitative estimate of drug-likeness (QED) is 0.616. The number of carbonyl (C=O) groups excluding carboxylic acids is 1. The number of carbonyl (C=O) groups is 1. The topological polar surface area (TPSA) is 75.3 Å². The van der Waals surface area contributed by atoms with Gasteiger partial charge in [0.2, 0.25) is 0 Å². The van der Waals surface area contributed by atoms with Crippen molar-refractivity contribution in [3.05, 3.63) is 88.4 Å². The second kappa shape index (κ2) is 8.04. The van der Waals surface area contributed by atoms with E-state index in [0.29, 0.717) is 22.0 Å². The van der Waals surface area contributed by atoms with Crippen molar-refractivity contribution in [1.82, 2.24) is 0 Å². The van der Waals surface area contributed by atoms with Crippen molar-refractivity contribution in [3.63, 3.8) is 0 Å². The fourth-order valence-electron chi connectivity index (χ4n) is 2.50. The summed E-state index contributed by atoms with van der Waals surface area (Å²) in [6, 6.07) is 18.0. The Morgan fingerprint density at radius 1 is 0.857 bits per heavy atom. The van der Waals surface area contributed by atoms with Crippen LogP contribution in [0.15, 0.2) is 71.6 Å². The lowest BCUT2D eigenvalue weighted by atomic mass is 10.2. The van der Waals surface area contributed by atoms with Crippen molar-refractivity contribution in [2.45, 2.75) is 18.7 Å². The molecule has 0 heterocycles. The summed E-state index contributed by atoms with van der Waals surface area (Å²) in [4.78, 5) is 12.5. The Bertz CT molecular complexity index is 1110. The van der Waals surface area contributed by atoms with Gasteiger partial charge in [-0.05, 0) is 67.9 Å². The highest BCUT2D eigenvalue weighted by Gasteiger charge is 2.14. The predicted molar refractivity (Wildman–Crippen MR) is 113 cm³/mol. The molecule has 1 amide bonds. The number of amides is 1. The van der Waals surface area contributed by atoms with Crippen molar-refractivity contribution < 1.29 is 13.2 Å². The van der Waals surface area contributed by atoms with Crippen LogP contribution in [0.3, 0.4) is 0 Å². The van der Waals surface area contributed by atoms with E-state index in [-0.39, 0.29) is 10.8 Å². The normalized spacial score (nSPS) is 11.1. The van der Waals surface area contributed by atoms with Crippen LogP contribution < -0.4 is 10.0 Å².